The van der Waals surface area contributed by atoms with Crippen molar-refractivity contribution in [3.63, 3.8) is 0 Å². The minimum atomic E-state index is -1.15. The first-order chi connectivity index (χ1) is 10.5. The molecule has 0 saturated carbocycles. The molecule has 0 saturated heterocycles. The molecular formula is C16H14ClNO3S. The standard InChI is InChI=1S/C16H14ClNO3S/c1-22-11-7-8-13(17)12(9-11)16(20)21-14(15(18)19)10-5-3-2-4-6-10/h2-9,14H,1H3,(H2,18,19)/t14-/m0/s1. The molecule has 2 rings (SSSR count). The highest BCUT2D eigenvalue weighted by Gasteiger charge is 2.24. The molecule has 0 fully saturated rings. The van der Waals surface area contributed by atoms with Crippen molar-refractivity contribution < 1.29 is 14.3 Å². The topological polar surface area (TPSA) is 69.4 Å². The molecule has 114 valence electrons. The summed E-state index contributed by atoms with van der Waals surface area (Å²) in [4.78, 5) is 24.7. The largest absolute Gasteiger partial charge is 0.444 e. The maximum absolute atomic E-state index is 12.3. The summed E-state index contributed by atoms with van der Waals surface area (Å²) < 4.78 is 5.26. The van der Waals surface area contributed by atoms with Crippen LogP contribution in [-0.4, -0.2) is 18.1 Å². The zero-order valence-electron chi connectivity index (χ0n) is 11.8. The number of carbonyl (C=O) groups excluding carboxylic acids is 2. The van der Waals surface area contributed by atoms with Crippen molar-refractivity contribution in [1.29, 1.82) is 0 Å². The van der Waals surface area contributed by atoms with Crippen LogP contribution in [0.1, 0.15) is 22.0 Å². The van der Waals surface area contributed by atoms with Crippen molar-refractivity contribution in [2.24, 2.45) is 5.73 Å². The Morgan fingerprint density at radius 2 is 1.86 bits per heavy atom. The minimum Gasteiger partial charge on any atom is -0.444 e. The molecule has 2 aromatic carbocycles. The molecule has 0 radical (unpaired) electrons. The van der Waals surface area contributed by atoms with Gasteiger partial charge < -0.3 is 10.5 Å². The van der Waals surface area contributed by atoms with Gasteiger partial charge in [-0.05, 0) is 24.5 Å². The van der Waals surface area contributed by atoms with E-state index in [2.05, 4.69) is 0 Å². The van der Waals surface area contributed by atoms with Gasteiger partial charge in [-0.2, -0.15) is 0 Å². The molecule has 2 N–H and O–H groups in total. The van der Waals surface area contributed by atoms with Gasteiger partial charge in [0.1, 0.15) is 0 Å². The van der Waals surface area contributed by atoms with E-state index in [9.17, 15) is 9.59 Å². The number of ether oxygens (including phenoxy) is 1. The van der Waals surface area contributed by atoms with Crippen LogP contribution in [0.4, 0.5) is 0 Å². The SMILES string of the molecule is CSc1ccc(Cl)c(C(=O)O[C@H](C(N)=O)c2ccccc2)c1. The quantitative estimate of drug-likeness (QED) is 0.671. The fraction of sp³-hybridized carbons (Fsp3) is 0.125. The van der Waals surface area contributed by atoms with E-state index >= 15 is 0 Å². The molecule has 0 aromatic heterocycles. The third-order valence-electron chi connectivity index (χ3n) is 2.98. The number of hydrogen-bond donors (Lipinski definition) is 1. The maximum Gasteiger partial charge on any atom is 0.340 e. The van der Waals surface area contributed by atoms with Gasteiger partial charge in [0, 0.05) is 10.5 Å². The Morgan fingerprint density at radius 1 is 1.18 bits per heavy atom. The van der Waals surface area contributed by atoms with Crippen LogP contribution >= 0.6 is 23.4 Å². The Hall–Kier alpha value is -1.98. The average molecular weight is 336 g/mol. The summed E-state index contributed by atoms with van der Waals surface area (Å²) in [6.45, 7) is 0. The zero-order valence-corrected chi connectivity index (χ0v) is 13.4. The van der Waals surface area contributed by atoms with Crippen LogP contribution in [-0.2, 0) is 9.53 Å². The Kier molecular flexibility index (Phi) is 5.46. The highest BCUT2D eigenvalue weighted by atomic mass is 35.5. The zero-order chi connectivity index (χ0) is 16.1. The molecule has 1 atom stereocenters. The summed E-state index contributed by atoms with van der Waals surface area (Å²) in [6.07, 6.45) is 0.733. The molecule has 22 heavy (non-hydrogen) atoms. The predicted octanol–water partition coefficient (Wildman–Crippen LogP) is 3.45. The van der Waals surface area contributed by atoms with Gasteiger partial charge in [-0.3, -0.25) is 4.79 Å². The van der Waals surface area contributed by atoms with Crippen molar-refractivity contribution in [3.8, 4) is 0 Å². The fourth-order valence-corrected chi connectivity index (χ4v) is 2.51. The van der Waals surface area contributed by atoms with E-state index in [4.69, 9.17) is 22.1 Å². The molecule has 0 unspecified atom stereocenters. The summed E-state index contributed by atoms with van der Waals surface area (Å²) in [5, 5.41) is 0.263. The first-order valence-corrected chi connectivity index (χ1v) is 8.02. The second-order valence-corrected chi connectivity index (χ2v) is 5.73. The molecule has 0 aliphatic rings. The predicted molar refractivity (Wildman–Crippen MR) is 87.0 cm³/mol. The van der Waals surface area contributed by atoms with Gasteiger partial charge in [-0.1, -0.05) is 41.9 Å². The van der Waals surface area contributed by atoms with Gasteiger partial charge in [0.25, 0.3) is 5.91 Å². The summed E-state index contributed by atoms with van der Waals surface area (Å²) in [5.74, 6) is -1.43. The summed E-state index contributed by atoms with van der Waals surface area (Å²) in [7, 11) is 0. The third kappa shape index (κ3) is 3.81. The number of primary amides is 1. The number of nitrogens with two attached hydrogens (primary N) is 1. The van der Waals surface area contributed by atoms with Gasteiger partial charge in [0.15, 0.2) is 0 Å². The van der Waals surface area contributed by atoms with Crippen molar-refractivity contribution >= 4 is 35.2 Å². The monoisotopic (exact) mass is 335 g/mol. The molecule has 0 aliphatic carbocycles. The van der Waals surface area contributed by atoms with Gasteiger partial charge in [0.05, 0.1) is 10.6 Å². The van der Waals surface area contributed by atoms with Gasteiger partial charge in [0.2, 0.25) is 6.10 Å². The minimum absolute atomic E-state index is 0.204. The summed E-state index contributed by atoms with van der Waals surface area (Å²) in [6, 6.07) is 13.6. The molecule has 1 amide bonds. The third-order valence-corrected chi connectivity index (χ3v) is 4.03. The normalized spacial score (nSPS) is 11.7. The second-order valence-electron chi connectivity index (χ2n) is 4.44. The number of halogens is 1. The lowest BCUT2D eigenvalue weighted by molar-refractivity contribution is -0.127. The fourth-order valence-electron chi connectivity index (χ4n) is 1.88. The lowest BCUT2D eigenvalue weighted by Crippen LogP contribution is -2.26. The first-order valence-electron chi connectivity index (χ1n) is 6.41. The lowest BCUT2D eigenvalue weighted by atomic mass is 10.1. The van der Waals surface area contributed by atoms with Crippen molar-refractivity contribution in [2.45, 2.75) is 11.0 Å². The summed E-state index contributed by atoms with van der Waals surface area (Å²) >= 11 is 7.50. The molecule has 4 nitrogen and oxygen atoms in total. The van der Waals surface area contributed by atoms with Gasteiger partial charge in [-0.15, -0.1) is 11.8 Å². The van der Waals surface area contributed by atoms with Gasteiger partial charge in [-0.25, -0.2) is 4.79 Å². The average Bonchev–Trinajstić information content (AvgIpc) is 2.53. The number of rotatable bonds is 5. The number of thioether (sulfide) groups is 1. The molecule has 2 aromatic rings. The maximum atomic E-state index is 12.3. The Balaban J connectivity index is 2.28. The molecule has 0 heterocycles. The van der Waals surface area contributed by atoms with E-state index in [1.54, 1.807) is 48.5 Å². The van der Waals surface area contributed by atoms with Crippen LogP contribution in [0.2, 0.25) is 5.02 Å². The van der Waals surface area contributed by atoms with E-state index in [0.29, 0.717) is 5.56 Å². The molecule has 0 spiro atoms. The molecular weight excluding hydrogens is 322 g/mol. The van der Waals surface area contributed by atoms with E-state index in [1.807, 2.05) is 6.26 Å². The van der Waals surface area contributed by atoms with Crippen molar-refractivity contribution in [1.82, 2.24) is 0 Å². The van der Waals surface area contributed by atoms with Crippen LogP contribution in [0.15, 0.2) is 53.4 Å². The number of carbonyl (C=O) groups is 2. The van der Waals surface area contributed by atoms with Crippen molar-refractivity contribution in [2.75, 3.05) is 6.26 Å². The van der Waals surface area contributed by atoms with Crippen LogP contribution in [0.5, 0.6) is 0 Å². The van der Waals surface area contributed by atoms with Crippen LogP contribution < -0.4 is 5.73 Å². The first kappa shape index (κ1) is 16.4. The van der Waals surface area contributed by atoms with E-state index in [1.165, 1.54) is 11.8 Å². The van der Waals surface area contributed by atoms with Gasteiger partial charge >= 0.3 is 5.97 Å². The van der Waals surface area contributed by atoms with E-state index < -0.39 is 18.0 Å². The van der Waals surface area contributed by atoms with Crippen LogP contribution in [0, 0.1) is 0 Å². The number of esters is 1. The van der Waals surface area contributed by atoms with Crippen LogP contribution in [0.25, 0.3) is 0 Å². The molecule has 6 heteroatoms. The van der Waals surface area contributed by atoms with Crippen LogP contribution in [0.3, 0.4) is 0 Å². The number of benzene rings is 2. The smallest absolute Gasteiger partial charge is 0.340 e. The number of hydrogen-bond acceptors (Lipinski definition) is 4. The number of amides is 1. The van der Waals surface area contributed by atoms with E-state index in [-0.39, 0.29) is 10.6 Å². The highest BCUT2D eigenvalue weighted by Crippen LogP contribution is 2.26. The Bertz CT molecular complexity index is 691. The van der Waals surface area contributed by atoms with Crippen molar-refractivity contribution in [3.05, 3.63) is 64.7 Å². The highest BCUT2D eigenvalue weighted by molar-refractivity contribution is 7.98. The Morgan fingerprint density at radius 3 is 2.45 bits per heavy atom. The Labute approximate surface area is 137 Å². The summed E-state index contributed by atoms with van der Waals surface area (Å²) in [5.41, 5.74) is 6.05. The molecule has 0 aliphatic heterocycles. The van der Waals surface area contributed by atoms with E-state index in [0.717, 1.165) is 4.90 Å². The second kappa shape index (κ2) is 7.33. The lowest BCUT2D eigenvalue weighted by Gasteiger charge is -2.15. The molecule has 0 bridgehead atoms.